The van der Waals surface area contributed by atoms with Crippen LogP contribution in [0.2, 0.25) is 0 Å². The van der Waals surface area contributed by atoms with Crippen molar-refractivity contribution in [2.24, 2.45) is 0 Å². The molecule has 0 amide bonds. The summed E-state index contributed by atoms with van der Waals surface area (Å²) in [6.07, 6.45) is -0.989. The quantitative estimate of drug-likeness (QED) is 0.274. The summed E-state index contributed by atoms with van der Waals surface area (Å²) < 4.78 is 51.8. The van der Waals surface area contributed by atoms with Crippen molar-refractivity contribution in [1.82, 2.24) is 14.8 Å². The fraction of sp³-hybridized carbons (Fsp3) is 0.286. The first-order chi connectivity index (χ1) is 19.2. The second kappa shape index (κ2) is 11.6. The topological polar surface area (TPSA) is 153 Å². The molecule has 0 spiro atoms. The van der Waals surface area contributed by atoms with E-state index in [0.717, 1.165) is 0 Å². The summed E-state index contributed by atoms with van der Waals surface area (Å²) in [6.45, 7) is 3.29. The van der Waals surface area contributed by atoms with E-state index in [9.17, 15) is 18.9 Å². The number of hydrogen-bond donors (Lipinski definition) is 0. The van der Waals surface area contributed by atoms with E-state index in [4.69, 9.17) is 18.6 Å². The number of sulfone groups is 1. The minimum absolute atomic E-state index is 0.0916. The van der Waals surface area contributed by atoms with E-state index in [0.29, 0.717) is 34.3 Å². The molecular formula is C28H27N5O6S. The number of methoxy groups -OCH3 is 3. The molecule has 0 fully saturated rings. The van der Waals surface area contributed by atoms with Gasteiger partial charge >= 0.3 is 0 Å². The zero-order chi connectivity index (χ0) is 29.0. The third-order valence-corrected chi connectivity index (χ3v) is 8.54. The number of rotatable bonds is 10. The number of aromatic nitrogens is 3. The predicted molar refractivity (Wildman–Crippen MR) is 145 cm³/mol. The number of para-hydroxylation sites is 1. The minimum atomic E-state index is -3.98. The molecule has 0 radical (unpaired) electrons. The summed E-state index contributed by atoms with van der Waals surface area (Å²) in [5.41, 5.74) is 1.21. The molecule has 40 heavy (non-hydrogen) atoms. The number of furan rings is 1. The largest absolute Gasteiger partial charge is 0.494 e. The van der Waals surface area contributed by atoms with Gasteiger partial charge in [-0.05, 0) is 55.8 Å². The summed E-state index contributed by atoms with van der Waals surface area (Å²) in [7, 11) is 0.372. The summed E-state index contributed by atoms with van der Waals surface area (Å²) >= 11 is 0. The lowest BCUT2D eigenvalue weighted by molar-refractivity contribution is 0.102. The van der Waals surface area contributed by atoms with Gasteiger partial charge in [0.25, 0.3) is 0 Å². The van der Waals surface area contributed by atoms with Gasteiger partial charge in [0.15, 0.2) is 21.4 Å². The number of ether oxygens (including phenoxy) is 3. The van der Waals surface area contributed by atoms with Gasteiger partial charge in [-0.25, -0.2) is 8.42 Å². The Bertz CT molecular complexity index is 1710. The van der Waals surface area contributed by atoms with Crippen LogP contribution in [0, 0.1) is 29.6 Å². The highest BCUT2D eigenvalue weighted by atomic mass is 32.2. The highest BCUT2D eigenvalue weighted by Gasteiger charge is 2.35. The van der Waals surface area contributed by atoms with Crippen molar-refractivity contribution in [3.63, 3.8) is 0 Å². The summed E-state index contributed by atoms with van der Waals surface area (Å²) in [5.74, 6) is 1.64. The number of nitrogens with zero attached hydrogens (tertiary/aromatic N) is 5. The Kier molecular flexibility index (Phi) is 8.24. The molecule has 0 bridgehead atoms. The zero-order valence-corrected chi connectivity index (χ0v) is 23.4. The molecule has 2 aromatic heterocycles. The smallest absolute Gasteiger partial charge is 0.204 e. The summed E-state index contributed by atoms with van der Waals surface area (Å²) in [5, 5.41) is 26.3. The maximum Gasteiger partial charge on any atom is 0.204 e. The first-order valence-corrected chi connectivity index (χ1v) is 13.8. The molecule has 4 rings (SSSR count). The first kappa shape index (κ1) is 28.4. The Labute approximate surface area is 232 Å². The van der Waals surface area contributed by atoms with Crippen LogP contribution < -0.4 is 9.47 Å². The van der Waals surface area contributed by atoms with E-state index in [1.54, 1.807) is 41.8 Å². The maximum atomic E-state index is 13.9. The van der Waals surface area contributed by atoms with Crippen LogP contribution >= 0.6 is 0 Å². The van der Waals surface area contributed by atoms with E-state index in [2.05, 4.69) is 10.2 Å². The molecule has 4 aromatic rings. The standard InChI is InChI=1S/C28H27N5O6S/c1-17-9-12-24(39-17)28-32-31-25(33(28)26-22(36-3)7-6-8-23(26)37-4)16-40(34,35)18(2)27(38-5)21-11-10-19(14-29)13-20(21)15-30/h6-13,18,27H,16H2,1-5H3/t18-,27-/m1/s1. The number of benzene rings is 2. The predicted octanol–water partition coefficient (Wildman–Crippen LogP) is 4.29. The molecule has 2 aromatic carbocycles. The van der Waals surface area contributed by atoms with E-state index in [1.807, 2.05) is 12.1 Å². The lowest BCUT2D eigenvalue weighted by Gasteiger charge is -2.24. The van der Waals surface area contributed by atoms with E-state index >= 15 is 0 Å². The van der Waals surface area contributed by atoms with Gasteiger partial charge < -0.3 is 18.6 Å². The van der Waals surface area contributed by atoms with Gasteiger partial charge in [-0.2, -0.15) is 10.5 Å². The van der Waals surface area contributed by atoms with Crippen LogP contribution in [0.1, 0.15) is 41.3 Å². The van der Waals surface area contributed by atoms with Crippen LogP contribution in [0.5, 0.6) is 11.5 Å². The van der Waals surface area contributed by atoms with Crippen molar-refractivity contribution < 1.29 is 27.0 Å². The maximum absolute atomic E-state index is 13.9. The van der Waals surface area contributed by atoms with Gasteiger partial charge in [-0.1, -0.05) is 12.1 Å². The first-order valence-electron chi connectivity index (χ1n) is 12.1. The third kappa shape index (κ3) is 5.27. The van der Waals surface area contributed by atoms with Crippen molar-refractivity contribution in [2.45, 2.75) is 31.0 Å². The molecular weight excluding hydrogens is 534 g/mol. The van der Waals surface area contributed by atoms with Crippen LogP contribution in [-0.2, 0) is 20.3 Å². The Morgan fingerprint density at radius 2 is 1.70 bits per heavy atom. The molecule has 0 aliphatic heterocycles. The molecule has 0 aliphatic carbocycles. The molecule has 0 saturated carbocycles. The van der Waals surface area contributed by atoms with Gasteiger partial charge in [0.2, 0.25) is 5.82 Å². The molecule has 0 aliphatic rings. The van der Waals surface area contributed by atoms with Gasteiger partial charge in [0.1, 0.15) is 28.7 Å². The minimum Gasteiger partial charge on any atom is -0.494 e. The number of nitriles is 2. The average Bonchev–Trinajstić information content (AvgIpc) is 3.58. The molecule has 0 unspecified atom stereocenters. The molecule has 206 valence electrons. The van der Waals surface area contributed by atoms with Crippen molar-refractivity contribution in [3.05, 3.63) is 76.8 Å². The van der Waals surface area contributed by atoms with Gasteiger partial charge in [-0.15, -0.1) is 10.2 Å². The van der Waals surface area contributed by atoms with Gasteiger partial charge in [0.05, 0.1) is 48.8 Å². The van der Waals surface area contributed by atoms with E-state index in [-0.39, 0.29) is 22.8 Å². The third-order valence-electron chi connectivity index (χ3n) is 6.50. The number of hydrogen-bond acceptors (Lipinski definition) is 10. The second-order valence-corrected chi connectivity index (χ2v) is 11.2. The molecule has 2 atom stereocenters. The summed E-state index contributed by atoms with van der Waals surface area (Å²) in [4.78, 5) is 0. The van der Waals surface area contributed by atoms with Gasteiger partial charge in [0, 0.05) is 7.11 Å². The Morgan fingerprint density at radius 3 is 2.25 bits per heavy atom. The van der Waals surface area contributed by atoms with Crippen LogP contribution in [0.25, 0.3) is 17.3 Å². The van der Waals surface area contributed by atoms with E-state index < -0.39 is 26.9 Å². The molecule has 0 saturated heterocycles. The van der Waals surface area contributed by atoms with Crippen molar-refractivity contribution >= 4 is 9.84 Å². The monoisotopic (exact) mass is 561 g/mol. The Morgan fingerprint density at radius 1 is 1.00 bits per heavy atom. The summed E-state index contributed by atoms with van der Waals surface area (Å²) in [6, 6.07) is 17.1. The molecule has 0 N–H and O–H groups in total. The zero-order valence-electron chi connectivity index (χ0n) is 22.6. The molecule has 2 heterocycles. The van der Waals surface area contributed by atoms with E-state index in [1.165, 1.54) is 46.5 Å². The molecule has 12 heteroatoms. The van der Waals surface area contributed by atoms with Crippen molar-refractivity contribution in [3.8, 4) is 40.9 Å². The molecule has 11 nitrogen and oxygen atoms in total. The van der Waals surface area contributed by atoms with Crippen LogP contribution in [0.15, 0.2) is 52.9 Å². The number of aryl methyl sites for hydroxylation is 1. The fourth-order valence-corrected chi connectivity index (χ4v) is 5.90. The lowest BCUT2D eigenvalue weighted by Crippen LogP contribution is -2.29. The lowest BCUT2D eigenvalue weighted by atomic mass is 9.99. The Balaban J connectivity index is 1.83. The second-order valence-electron chi connectivity index (χ2n) is 8.89. The van der Waals surface area contributed by atoms with Crippen LogP contribution in [0.4, 0.5) is 0 Å². The van der Waals surface area contributed by atoms with Crippen molar-refractivity contribution in [1.29, 1.82) is 10.5 Å². The fourth-order valence-electron chi connectivity index (χ4n) is 4.45. The SMILES string of the molecule is COc1cccc(OC)c1-n1c(CS(=O)(=O)[C@H](C)[C@@H](OC)c2ccc(C#N)cc2C#N)nnc1-c1ccc(C)o1. The van der Waals surface area contributed by atoms with Gasteiger partial charge in [-0.3, -0.25) is 4.57 Å². The van der Waals surface area contributed by atoms with Crippen molar-refractivity contribution in [2.75, 3.05) is 21.3 Å². The normalized spacial score (nSPS) is 12.8. The highest BCUT2D eigenvalue weighted by Crippen LogP contribution is 2.38. The average molecular weight is 562 g/mol. The highest BCUT2D eigenvalue weighted by molar-refractivity contribution is 7.91. The Hall–Kier alpha value is -4.65. The van der Waals surface area contributed by atoms with Crippen LogP contribution in [-0.4, -0.2) is 49.8 Å². The van der Waals surface area contributed by atoms with Crippen LogP contribution in [0.3, 0.4) is 0 Å².